The molecule has 0 spiro atoms. The minimum absolute atomic E-state index is 0.222. The van der Waals surface area contributed by atoms with Crippen LogP contribution in [0.25, 0.3) is 11.0 Å². The van der Waals surface area contributed by atoms with Crippen molar-refractivity contribution < 1.29 is 4.42 Å². The second-order valence-corrected chi connectivity index (χ2v) is 2.93. The maximum atomic E-state index is 8.52. The summed E-state index contributed by atoms with van der Waals surface area (Å²) < 4.78 is 5.20. The topological polar surface area (TPSA) is 85.1 Å². The first-order valence-electron chi connectivity index (χ1n) is 4.45. The SMILES string of the molecule is N#CC(C#N)=NNc1cccc2occc12. The van der Waals surface area contributed by atoms with Gasteiger partial charge in [-0.2, -0.15) is 15.6 Å². The van der Waals surface area contributed by atoms with Gasteiger partial charge in [0.1, 0.15) is 17.7 Å². The van der Waals surface area contributed by atoms with Gasteiger partial charge in [-0.1, -0.05) is 6.07 Å². The van der Waals surface area contributed by atoms with Crippen LogP contribution >= 0.6 is 0 Å². The number of nitrogens with zero attached hydrogens (tertiary/aromatic N) is 3. The molecule has 0 radical (unpaired) electrons. The third kappa shape index (κ3) is 1.70. The van der Waals surface area contributed by atoms with Crippen molar-refractivity contribution in [1.29, 1.82) is 10.5 Å². The van der Waals surface area contributed by atoms with Crippen LogP contribution in [0.4, 0.5) is 5.69 Å². The molecule has 76 valence electrons. The fraction of sp³-hybridized carbons (Fsp3) is 0. The van der Waals surface area contributed by atoms with Crippen LogP contribution in [0.2, 0.25) is 0 Å². The molecular weight excluding hydrogens is 204 g/mol. The summed E-state index contributed by atoms with van der Waals surface area (Å²) in [6.45, 7) is 0. The number of nitrogens with one attached hydrogen (secondary N) is 1. The molecule has 0 aliphatic heterocycles. The summed E-state index contributed by atoms with van der Waals surface area (Å²) in [7, 11) is 0. The van der Waals surface area contributed by atoms with E-state index < -0.39 is 0 Å². The summed E-state index contributed by atoms with van der Waals surface area (Å²) in [5.74, 6) is 0. The monoisotopic (exact) mass is 210 g/mol. The second kappa shape index (κ2) is 4.16. The largest absolute Gasteiger partial charge is 0.464 e. The van der Waals surface area contributed by atoms with Crippen LogP contribution in [0.1, 0.15) is 0 Å². The zero-order chi connectivity index (χ0) is 11.4. The quantitative estimate of drug-likeness (QED) is 0.608. The van der Waals surface area contributed by atoms with E-state index in [1.807, 2.05) is 6.07 Å². The Balaban J connectivity index is 2.36. The zero-order valence-corrected chi connectivity index (χ0v) is 8.14. The van der Waals surface area contributed by atoms with Crippen molar-refractivity contribution >= 4 is 22.4 Å². The van der Waals surface area contributed by atoms with Crippen LogP contribution in [-0.4, -0.2) is 5.71 Å². The minimum Gasteiger partial charge on any atom is -0.464 e. The highest BCUT2D eigenvalue weighted by atomic mass is 16.3. The summed E-state index contributed by atoms with van der Waals surface area (Å²) in [6.07, 6.45) is 1.56. The number of anilines is 1. The highest BCUT2D eigenvalue weighted by molar-refractivity contribution is 6.10. The van der Waals surface area contributed by atoms with Crippen LogP contribution in [0, 0.1) is 22.7 Å². The Kier molecular flexibility index (Phi) is 2.53. The predicted octanol–water partition coefficient (Wildman–Crippen LogP) is 2.25. The Labute approximate surface area is 91.2 Å². The van der Waals surface area contributed by atoms with Gasteiger partial charge < -0.3 is 4.42 Å². The van der Waals surface area contributed by atoms with E-state index in [0.717, 1.165) is 11.0 Å². The maximum absolute atomic E-state index is 8.52. The molecule has 1 heterocycles. The Morgan fingerprint density at radius 3 is 2.81 bits per heavy atom. The first-order chi connectivity index (χ1) is 7.85. The van der Waals surface area contributed by atoms with Crippen molar-refractivity contribution in [3.63, 3.8) is 0 Å². The fourth-order valence-corrected chi connectivity index (χ4v) is 1.28. The molecule has 0 unspecified atom stereocenters. The predicted molar refractivity (Wildman–Crippen MR) is 58.5 cm³/mol. The number of rotatable bonds is 2. The molecule has 1 aromatic carbocycles. The molecule has 0 amide bonds. The van der Waals surface area contributed by atoms with Gasteiger partial charge in [0, 0.05) is 5.39 Å². The van der Waals surface area contributed by atoms with Gasteiger partial charge in [-0.25, -0.2) is 0 Å². The molecule has 2 rings (SSSR count). The number of furan rings is 1. The Morgan fingerprint density at radius 1 is 1.25 bits per heavy atom. The lowest BCUT2D eigenvalue weighted by Crippen LogP contribution is -1.96. The average molecular weight is 210 g/mol. The smallest absolute Gasteiger partial charge is 0.237 e. The number of benzene rings is 1. The molecule has 16 heavy (non-hydrogen) atoms. The zero-order valence-electron chi connectivity index (χ0n) is 8.14. The number of hydrogen-bond donors (Lipinski definition) is 1. The van der Waals surface area contributed by atoms with E-state index in [2.05, 4.69) is 10.5 Å². The highest BCUT2D eigenvalue weighted by Gasteiger charge is 2.02. The summed E-state index contributed by atoms with van der Waals surface area (Å²) in [4.78, 5) is 0. The van der Waals surface area contributed by atoms with E-state index in [1.54, 1.807) is 36.6 Å². The molecule has 0 saturated carbocycles. The first-order valence-corrected chi connectivity index (χ1v) is 4.45. The lowest BCUT2D eigenvalue weighted by molar-refractivity contribution is 0.616. The molecular formula is C11H6N4O. The van der Waals surface area contributed by atoms with Gasteiger partial charge in [0.25, 0.3) is 0 Å². The van der Waals surface area contributed by atoms with Crippen molar-refractivity contribution in [2.45, 2.75) is 0 Å². The van der Waals surface area contributed by atoms with E-state index in [-0.39, 0.29) is 5.71 Å². The van der Waals surface area contributed by atoms with Gasteiger partial charge in [-0.3, -0.25) is 5.43 Å². The standard InChI is InChI=1S/C11H6N4O/c12-6-8(7-13)14-15-10-2-1-3-11-9(10)4-5-16-11/h1-5,15H. The average Bonchev–Trinajstić information content (AvgIpc) is 2.79. The highest BCUT2D eigenvalue weighted by Crippen LogP contribution is 2.23. The summed E-state index contributed by atoms with van der Waals surface area (Å²) in [5, 5.41) is 21.5. The van der Waals surface area contributed by atoms with Crippen LogP contribution in [0.5, 0.6) is 0 Å². The summed E-state index contributed by atoms with van der Waals surface area (Å²) >= 11 is 0. The molecule has 0 aliphatic rings. The fourth-order valence-electron chi connectivity index (χ4n) is 1.28. The van der Waals surface area contributed by atoms with Crippen molar-refractivity contribution in [2.75, 3.05) is 5.43 Å². The summed E-state index contributed by atoms with van der Waals surface area (Å²) in [5.41, 5.74) is 3.84. The molecule has 1 aromatic heterocycles. The van der Waals surface area contributed by atoms with Gasteiger partial charge in [0.2, 0.25) is 5.71 Å². The van der Waals surface area contributed by atoms with Gasteiger partial charge in [0.05, 0.1) is 12.0 Å². The third-order valence-electron chi connectivity index (χ3n) is 2.00. The number of nitriles is 2. The Bertz CT molecular complexity index is 611. The molecule has 2 aromatic rings. The lowest BCUT2D eigenvalue weighted by atomic mass is 10.2. The molecule has 0 fully saturated rings. The van der Waals surface area contributed by atoms with Crippen LogP contribution < -0.4 is 5.43 Å². The second-order valence-electron chi connectivity index (χ2n) is 2.93. The van der Waals surface area contributed by atoms with Crippen LogP contribution in [-0.2, 0) is 0 Å². The van der Waals surface area contributed by atoms with Crippen molar-refractivity contribution in [3.05, 3.63) is 30.5 Å². The van der Waals surface area contributed by atoms with Crippen LogP contribution in [0.3, 0.4) is 0 Å². The van der Waals surface area contributed by atoms with E-state index in [1.165, 1.54) is 0 Å². The van der Waals surface area contributed by atoms with E-state index in [0.29, 0.717) is 5.69 Å². The van der Waals surface area contributed by atoms with Gasteiger partial charge in [0.15, 0.2) is 0 Å². The van der Waals surface area contributed by atoms with Crippen molar-refractivity contribution in [2.24, 2.45) is 5.10 Å². The maximum Gasteiger partial charge on any atom is 0.237 e. The Hall–Kier alpha value is -2.79. The van der Waals surface area contributed by atoms with Gasteiger partial charge in [-0.05, 0) is 18.2 Å². The molecule has 0 aliphatic carbocycles. The van der Waals surface area contributed by atoms with Gasteiger partial charge in [-0.15, -0.1) is 0 Å². The molecule has 0 saturated heterocycles. The first kappa shape index (κ1) is 9.75. The normalized spacial score (nSPS) is 9.12. The summed E-state index contributed by atoms with van der Waals surface area (Å²) in [6, 6.07) is 10.5. The van der Waals surface area contributed by atoms with Gasteiger partial charge >= 0.3 is 0 Å². The molecule has 5 heteroatoms. The van der Waals surface area contributed by atoms with Crippen molar-refractivity contribution in [1.82, 2.24) is 0 Å². The molecule has 1 N–H and O–H groups in total. The minimum atomic E-state index is -0.222. The number of fused-ring (bicyclic) bond motifs is 1. The van der Waals surface area contributed by atoms with Crippen molar-refractivity contribution in [3.8, 4) is 12.1 Å². The third-order valence-corrected chi connectivity index (χ3v) is 2.00. The lowest BCUT2D eigenvalue weighted by Gasteiger charge is -2.00. The molecule has 0 atom stereocenters. The number of hydrazone groups is 1. The molecule has 0 bridgehead atoms. The van der Waals surface area contributed by atoms with E-state index in [9.17, 15) is 0 Å². The Morgan fingerprint density at radius 2 is 2.06 bits per heavy atom. The van der Waals surface area contributed by atoms with Crippen LogP contribution in [0.15, 0.2) is 40.0 Å². The number of hydrogen-bond acceptors (Lipinski definition) is 5. The van der Waals surface area contributed by atoms with E-state index >= 15 is 0 Å². The molecule has 5 nitrogen and oxygen atoms in total. The van der Waals surface area contributed by atoms with E-state index in [4.69, 9.17) is 14.9 Å².